The maximum Gasteiger partial charge on any atom is 0.253 e. The van der Waals surface area contributed by atoms with E-state index < -0.39 is 0 Å². The van der Waals surface area contributed by atoms with Crippen molar-refractivity contribution in [1.82, 2.24) is 4.90 Å². The number of rotatable bonds is 4. The molecule has 1 fully saturated rings. The molecule has 3 nitrogen and oxygen atoms in total. The van der Waals surface area contributed by atoms with Crippen LogP contribution in [0.5, 0.6) is 5.75 Å². The number of phenolic OH excluding ortho intramolecular Hbond substituents is 1. The summed E-state index contributed by atoms with van der Waals surface area (Å²) < 4.78 is 13.1. The number of aromatic hydroxyl groups is 1. The van der Waals surface area contributed by atoms with E-state index in [9.17, 15) is 14.3 Å². The van der Waals surface area contributed by atoms with Gasteiger partial charge in [-0.25, -0.2) is 4.39 Å². The van der Waals surface area contributed by atoms with Crippen LogP contribution >= 0.6 is 0 Å². The summed E-state index contributed by atoms with van der Waals surface area (Å²) in [7, 11) is 0. The Morgan fingerprint density at radius 3 is 2.18 bits per heavy atom. The minimum Gasteiger partial charge on any atom is -0.508 e. The zero-order valence-corrected chi connectivity index (χ0v) is 15.5. The van der Waals surface area contributed by atoms with Gasteiger partial charge in [0.15, 0.2) is 0 Å². The second kappa shape index (κ2) is 7.85. The smallest absolute Gasteiger partial charge is 0.253 e. The third-order valence-electron chi connectivity index (χ3n) is 5.34. The van der Waals surface area contributed by atoms with E-state index in [2.05, 4.69) is 0 Å². The van der Waals surface area contributed by atoms with Crippen LogP contribution in [0.15, 0.2) is 72.8 Å². The Bertz CT molecular complexity index is 949. The van der Waals surface area contributed by atoms with Crippen molar-refractivity contribution in [3.05, 3.63) is 89.7 Å². The first-order valence-corrected chi connectivity index (χ1v) is 9.52. The lowest BCUT2D eigenvalue weighted by atomic mass is 9.99. The summed E-state index contributed by atoms with van der Waals surface area (Å²) in [6, 6.07) is 21.1. The standard InChI is InChI=1S/C24H22FNO2/c25-22-9-7-20(8-10-22)19-3-5-21(6-4-19)24(28)26-14-13-18(16-26)15-17-1-11-23(27)12-2-17/h1-12,18,27H,13-16H2. The number of likely N-dealkylation sites (tertiary alicyclic amines) is 1. The second-order valence-electron chi connectivity index (χ2n) is 7.36. The molecule has 1 unspecified atom stereocenters. The Labute approximate surface area is 164 Å². The van der Waals surface area contributed by atoms with E-state index in [0.717, 1.165) is 37.1 Å². The van der Waals surface area contributed by atoms with E-state index in [1.807, 2.05) is 41.3 Å². The highest BCUT2D eigenvalue weighted by atomic mass is 19.1. The number of carbonyl (C=O) groups excluding carboxylic acids is 1. The molecule has 0 aliphatic carbocycles. The molecular formula is C24H22FNO2. The molecule has 142 valence electrons. The third-order valence-corrected chi connectivity index (χ3v) is 5.34. The predicted molar refractivity (Wildman–Crippen MR) is 108 cm³/mol. The molecular weight excluding hydrogens is 353 g/mol. The molecule has 0 aromatic heterocycles. The molecule has 0 spiro atoms. The molecule has 1 atom stereocenters. The number of carbonyl (C=O) groups is 1. The topological polar surface area (TPSA) is 40.5 Å². The minimum atomic E-state index is -0.258. The van der Waals surface area contributed by atoms with Crippen molar-refractivity contribution in [2.24, 2.45) is 5.92 Å². The Hall–Kier alpha value is -3.14. The van der Waals surface area contributed by atoms with Gasteiger partial charge in [0.05, 0.1) is 0 Å². The zero-order chi connectivity index (χ0) is 19.5. The Balaban J connectivity index is 1.39. The van der Waals surface area contributed by atoms with Gasteiger partial charge in [0.1, 0.15) is 11.6 Å². The summed E-state index contributed by atoms with van der Waals surface area (Å²) in [5.41, 5.74) is 3.75. The maximum atomic E-state index is 13.1. The molecule has 0 bridgehead atoms. The van der Waals surface area contributed by atoms with Crippen LogP contribution in [0.3, 0.4) is 0 Å². The molecule has 3 aromatic carbocycles. The Morgan fingerprint density at radius 2 is 1.54 bits per heavy atom. The van der Waals surface area contributed by atoms with Crippen LogP contribution in [0.25, 0.3) is 11.1 Å². The molecule has 0 radical (unpaired) electrons. The van der Waals surface area contributed by atoms with Gasteiger partial charge in [-0.15, -0.1) is 0 Å². The van der Waals surface area contributed by atoms with Crippen LogP contribution in [0.1, 0.15) is 22.3 Å². The fraction of sp³-hybridized carbons (Fsp3) is 0.208. The number of nitrogens with zero attached hydrogens (tertiary/aromatic N) is 1. The van der Waals surface area contributed by atoms with Crippen molar-refractivity contribution >= 4 is 5.91 Å². The minimum absolute atomic E-state index is 0.0545. The highest BCUT2D eigenvalue weighted by molar-refractivity contribution is 5.94. The first-order chi connectivity index (χ1) is 13.6. The summed E-state index contributed by atoms with van der Waals surface area (Å²) in [5.74, 6) is 0.508. The van der Waals surface area contributed by atoms with Crippen LogP contribution in [-0.2, 0) is 6.42 Å². The normalized spacial score (nSPS) is 16.3. The quantitative estimate of drug-likeness (QED) is 0.704. The van der Waals surface area contributed by atoms with Gasteiger partial charge < -0.3 is 10.0 Å². The molecule has 1 heterocycles. The number of hydrogen-bond acceptors (Lipinski definition) is 2. The van der Waals surface area contributed by atoms with Crippen LogP contribution in [0, 0.1) is 11.7 Å². The van der Waals surface area contributed by atoms with E-state index in [0.29, 0.717) is 11.5 Å². The zero-order valence-electron chi connectivity index (χ0n) is 15.5. The number of amides is 1. The van der Waals surface area contributed by atoms with Crippen LogP contribution < -0.4 is 0 Å². The number of phenols is 1. The molecule has 1 aliphatic rings. The van der Waals surface area contributed by atoms with E-state index in [4.69, 9.17) is 0 Å². The lowest BCUT2D eigenvalue weighted by Crippen LogP contribution is -2.28. The van der Waals surface area contributed by atoms with Crippen LogP contribution in [0.2, 0.25) is 0 Å². The maximum absolute atomic E-state index is 13.1. The van der Waals surface area contributed by atoms with Crippen molar-refractivity contribution in [3.8, 4) is 16.9 Å². The molecule has 28 heavy (non-hydrogen) atoms. The van der Waals surface area contributed by atoms with Gasteiger partial charge in [-0.1, -0.05) is 36.4 Å². The predicted octanol–water partition coefficient (Wildman–Crippen LogP) is 4.90. The van der Waals surface area contributed by atoms with Crippen molar-refractivity contribution < 1.29 is 14.3 Å². The largest absolute Gasteiger partial charge is 0.508 e. The molecule has 3 aromatic rings. The molecule has 4 heteroatoms. The van der Waals surface area contributed by atoms with Crippen molar-refractivity contribution in [1.29, 1.82) is 0 Å². The van der Waals surface area contributed by atoms with Crippen molar-refractivity contribution in [2.75, 3.05) is 13.1 Å². The Kier molecular flexibility index (Phi) is 5.11. The molecule has 4 rings (SSSR count). The van der Waals surface area contributed by atoms with Gasteiger partial charge >= 0.3 is 0 Å². The molecule has 1 saturated heterocycles. The van der Waals surface area contributed by atoms with E-state index in [1.165, 1.54) is 17.7 Å². The number of halogens is 1. The highest BCUT2D eigenvalue weighted by Crippen LogP contribution is 2.25. The lowest BCUT2D eigenvalue weighted by Gasteiger charge is -2.17. The van der Waals surface area contributed by atoms with Crippen molar-refractivity contribution in [2.45, 2.75) is 12.8 Å². The van der Waals surface area contributed by atoms with Gasteiger partial charge in [0, 0.05) is 18.7 Å². The summed E-state index contributed by atoms with van der Waals surface area (Å²) >= 11 is 0. The highest BCUT2D eigenvalue weighted by Gasteiger charge is 2.27. The summed E-state index contributed by atoms with van der Waals surface area (Å²) in [5, 5.41) is 9.39. The van der Waals surface area contributed by atoms with Crippen molar-refractivity contribution in [3.63, 3.8) is 0 Å². The van der Waals surface area contributed by atoms with E-state index in [-0.39, 0.29) is 17.5 Å². The number of hydrogen-bond donors (Lipinski definition) is 1. The van der Waals surface area contributed by atoms with Gasteiger partial charge in [0.2, 0.25) is 0 Å². The lowest BCUT2D eigenvalue weighted by molar-refractivity contribution is 0.0787. The number of benzene rings is 3. The summed E-state index contributed by atoms with van der Waals surface area (Å²) in [4.78, 5) is 14.7. The Morgan fingerprint density at radius 1 is 0.929 bits per heavy atom. The van der Waals surface area contributed by atoms with Crippen LogP contribution in [-0.4, -0.2) is 29.0 Å². The summed E-state index contributed by atoms with van der Waals surface area (Å²) in [6.45, 7) is 1.51. The average Bonchev–Trinajstić information content (AvgIpc) is 3.18. The molecule has 1 aliphatic heterocycles. The van der Waals surface area contributed by atoms with Gasteiger partial charge in [-0.05, 0) is 71.8 Å². The van der Waals surface area contributed by atoms with E-state index in [1.54, 1.807) is 24.3 Å². The fourth-order valence-corrected chi connectivity index (χ4v) is 3.78. The van der Waals surface area contributed by atoms with Gasteiger partial charge in [-0.3, -0.25) is 4.79 Å². The van der Waals surface area contributed by atoms with E-state index >= 15 is 0 Å². The molecule has 0 saturated carbocycles. The van der Waals surface area contributed by atoms with Gasteiger partial charge in [-0.2, -0.15) is 0 Å². The fourth-order valence-electron chi connectivity index (χ4n) is 3.78. The second-order valence-corrected chi connectivity index (χ2v) is 7.36. The first-order valence-electron chi connectivity index (χ1n) is 9.52. The average molecular weight is 375 g/mol. The first kappa shape index (κ1) is 18.2. The molecule has 1 amide bonds. The molecule has 1 N–H and O–H groups in total. The summed E-state index contributed by atoms with van der Waals surface area (Å²) in [6.07, 6.45) is 1.90. The monoisotopic (exact) mass is 375 g/mol. The SMILES string of the molecule is O=C(c1ccc(-c2ccc(F)cc2)cc1)N1CCC(Cc2ccc(O)cc2)C1. The third kappa shape index (κ3) is 4.06. The van der Waals surface area contributed by atoms with Crippen LogP contribution in [0.4, 0.5) is 4.39 Å². The van der Waals surface area contributed by atoms with Gasteiger partial charge in [0.25, 0.3) is 5.91 Å².